The number of anilines is 2. The van der Waals surface area contributed by atoms with Crippen molar-refractivity contribution in [3.63, 3.8) is 0 Å². The molecule has 2 N–H and O–H groups in total. The summed E-state index contributed by atoms with van der Waals surface area (Å²) in [6.45, 7) is 0. The summed E-state index contributed by atoms with van der Waals surface area (Å²) < 4.78 is 40.7. The second-order valence-electron chi connectivity index (χ2n) is 8.45. The zero-order chi connectivity index (χ0) is 23.9. The zero-order valence-electron chi connectivity index (χ0n) is 18.8. The zero-order valence-corrected chi connectivity index (χ0v) is 21.2. The van der Waals surface area contributed by atoms with Gasteiger partial charge in [-0.2, -0.15) is 0 Å². The van der Waals surface area contributed by atoms with E-state index < -0.39 is 10.0 Å². The van der Waals surface area contributed by atoms with E-state index in [4.69, 9.17) is 9.47 Å². The third-order valence-electron chi connectivity index (χ3n) is 6.51. The van der Waals surface area contributed by atoms with Crippen molar-refractivity contribution in [1.82, 2.24) is 0 Å². The van der Waals surface area contributed by atoms with Crippen LogP contribution >= 0.6 is 15.9 Å². The van der Waals surface area contributed by atoms with E-state index >= 15 is 0 Å². The number of nitrogens with one attached hydrogen (secondary N) is 2. The van der Waals surface area contributed by atoms with E-state index in [1.54, 1.807) is 50.6 Å². The molecule has 0 amide bonds. The number of hydrogen-bond acceptors (Lipinski definition) is 5. The monoisotopic (exact) mass is 540 g/mol. The number of rotatable bonds is 6. The van der Waals surface area contributed by atoms with Crippen molar-refractivity contribution in [2.75, 3.05) is 24.3 Å². The van der Waals surface area contributed by atoms with Crippen LogP contribution in [0, 0.1) is 5.92 Å². The Balaban J connectivity index is 1.47. The molecule has 0 aromatic heterocycles. The van der Waals surface area contributed by atoms with Crippen molar-refractivity contribution in [1.29, 1.82) is 0 Å². The van der Waals surface area contributed by atoms with Gasteiger partial charge in [0.05, 0.1) is 25.2 Å². The normalized spacial score (nSPS) is 20.7. The maximum absolute atomic E-state index is 13.1. The number of halogens is 1. The summed E-state index contributed by atoms with van der Waals surface area (Å²) in [6.07, 6.45) is 5.28. The molecule has 0 unspecified atom stereocenters. The van der Waals surface area contributed by atoms with Crippen molar-refractivity contribution in [3.05, 3.63) is 88.4 Å². The highest BCUT2D eigenvalue weighted by atomic mass is 79.9. The van der Waals surface area contributed by atoms with E-state index in [1.165, 1.54) is 0 Å². The lowest BCUT2D eigenvalue weighted by Gasteiger charge is -2.38. The summed E-state index contributed by atoms with van der Waals surface area (Å²) in [5.74, 6) is 1.77. The molecule has 1 heterocycles. The van der Waals surface area contributed by atoms with Gasteiger partial charge in [0, 0.05) is 21.8 Å². The highest BCUT2D eigenvalue weighted by molar-refractivity contribution is 9.10. The van der Waals surface area contributed by atoms with Gasteiger partial charge in [-0.3, -0.25) is 4.72 Å². The SMILES string of the molecule is COc1ccc([C@H]2Nc3ccc(S(=O)(=O)Nc4ccc(Br)cc4)cc3[C@H]3C=CC[C@H]32)cc1OC. The Morgan fingerprint density at radius 1 is 0.971 bits per heavy atom. The van der Waals surface area contributed by atoms with Crippen LogP contribution in [0.1, 0.15) is 29.5 Å². The molecular weight excluding hydrogens is 516 g/mol. The van der Waals surface area contributed by atoms with Crippen LogP contribution in [-0.4, -0.2) is 22.6 Å². The number of hydrogen-bond donors (Lipinski definition) is 2. The maximum Gasteiger partial charge on any atom is 0.261 e. The summed E-state index contributed by atoms with van der Waals surface area (Å²) in [4.78, 5) is 0.250. The Morgan fingerprint density at radius 3 is 2.47 bits per heavy atom. The number of methoxy groups -OCH3 is 2. The Labute approximate surface area is 208 Å². The fourth-order valence-corrected chi connectivity index (χ4v) is 6.21. The largest absolute Gasteiger partial charge is 0.493 e. The van der Waals surface area contributed by atoms with E-state index in [2.05, 4.69) is 44.2 Å². The van der Waals surface area contributed by atoms with Gasteiger partial charge in [-0.1, -0.05) is 34.1 Å². The van der Waals surface area contributed by atoms with Crippen LogP contribution in [0.25, 0.3) is 0 Å². The topological polar surface area (TPSA) is 76.7 Å². The fraction of sp³-hybridized carbons (Fsp3) is 0.231. The summed E-state index contributed by atoms with van der Waals surface area (Å²) in [6, 6.07) is 18.4. The number of ether oxygens (including phenoxy) is 2. The van der Waals surface area contributed by atoms with Crippen LogP contribution in [0.15, 0.2) is 82.2 Å². The molecule has 1 aliphatic heterocycles. The minimum atomic E-state index is -3.72. The molecular formula is C26H25BrN2O4S. The Kier molecular flexibility index (Phi) is 6.04. The van der Waals surface area contributed by atoms with Gasteiger partial charge in [-0.05, 0) is 78.1 Å². The second-order valence-corrected chi connectivity index (χ2v) is 11.0. The van der Waals surface area contributed by atoms with Crippen LogP contribution in [0.5, 0.6) is 11.5 Å². The molecule has 3 aromatic carbocycles. The number of allylic oxidation sites excluding steroid dienone is 2. The first kappa shape index (κ1) is 22.8. The molecule has 6 nitrogen and oxygen atoms in total. The van der Waals surface area contributed by atoms with Crippen molar-refractivity contribution in [2.24, 2.45) is 5.92 Å². The standard InChI is InChI=1S/C26H25BrN2O4S/c1-32-24-13-6-16(14-25(24)33-2)26-21-5-3-4-20(21)22-15-19(11-12-23(22)28-26)34(30,31)29-18-9-7-17(27)8-10-18/h3-4,6-15,20-21,26,28-29H,5H2,1-2H3/t20-,21+,26+/m0/s1. The lowest BCUT2D eigenvalue weighted by atomic mass is 9.77. The molecule has 0 radical (unpaired) electrons. The van der Waals surface area contributed by atoms with Gasteiger partial charge < -0.3 is 14.8 Å². The van der Waals surface area contributed by atoms with Gasteiger partial charge in [0.25, 0.3) is 10.0 Å². The summed E-state index contributed by atoms with van der Waals surface area (Å²) in [5.41, 5.74) is 3.56. The Bertz CT molecular complexity index is 1360. The van der Waals surface area contributed by atoms with Crippen molar-refractivity contribution < 1.29 is 17.9 Å². The van der Waals surface area contributed by atoms with Gasteiger partial charge in [0.1, 0.15) is 0 Å². The van der Waals surface area contributed by atoms with Gasteiger partial charge in [0.15, 0.2) is 11.5 Å². The highest BCUT2D eigenvalue weighted by Crippen LogP contribution is 2.51. The predicted molar refractivity (Wildman–Crippen MR) is 137 cm³/mol. The lowest BCUT2D eigenvalue weighted by molar-refractivity contribution is 0.353. The van der Waals surface area contributed by atoms with Crippen molar-refractivity contribution in [3.8, 4) is 11.5 Å². The molecule has 3 atom stereocenters. The molecule has 2 aliphatic rings. The molecule has 176 valence electrons. The smallest absolute Gasteiger partial charge is 0.261 e. The lowest BCUT2D eigenvalue weighted by Crippen LogP contribution is -2.29. The Morgan fingerprint density at radius 2 is 1.74 bits per heavy atom. The van der Waals surface area contributed by atoms with Gasteiger partial charge >= 0.3 is 0 Å². The highest BCUT2D eigenvalue weighted by Gasteiger charge is 2.38. The summed E-state index contributed by atoms with van der Waals surface area (Å²) in [5, 5.41) is 3.65. The average molecular weight is 541 g/mol. The van der Waals surface area contributed by atoms with Crippen molar-refractivity contribution >= 4 is 37.3 Å². The molecule has 1 aliphatic carbocycles. The van der Waals surface area contributed by atoms with Gasteiger partial charge in [-0.15, -0.1) is 0 Å². The molecule has 0 saturated carbocycles. The van der Waals surface area contributed by atoms with E-state index in [0.717, 1.165) is 27.7 Å². The van der Waals surface area contributed by atoms with Crippen molar-refractivity contribution in [2.45, 2.75) is 23.3 Å². The van der Waals surface area contributed by atoms with Gasteiger partial charge in [0.2, 0.25) is 0 Å². The van der Waals surface area contributed by atoms with Gasteiger partial charge in [-0.25, -0.2) is 8.42 Å². The van der Waals surface area contributed by atoms with Crippen LogP contribution < -0.4 is 19.5 Å². The fourth-order valence-electron chi connectivity index (χ4n) is 4.85. The van der Waals surface area contributed by atoms with E-state index in [1.807, 2.05) is 18.2 Å². The average Bonchev–Trinajstić information content (AvgIpc) is 3.34. The first-order valence-corrected chi connectivity index (χ1v) is 13.2. The predicted octanol–water partition coefficient (Wildman–Crippen LogP) is 6.09. The molecule has 3 aromatic rings. The summed E-state index contributed by atoms with van der Waals surface area (Å²) >= 11 is 3.37. The molecule has 0 saturated heterocycles. The first-order chi connectivity index (χ1) is 16.4. The minimum absolute atomic E-state index is 0.0654. The van der Waals surface area contributed by atoms with Crippen LogP contribution in [0.2, 0.25) is 0 Å². The number of fused-ring (bicyclic) bond motifs is 3. The van der Waals surface area contributed by atoms with Crippen LogP contribution in [0.3, 0.4) is 0 Å². The summed E-state index contributed by atoms with van der Waals surface area (Å²) in [7, 11) is -0.458. The Hall–Kier alpha value is -2.97. The third-order valence-corrected chi connectivity index (χ3v) is 8.42. The maximum atomic E-state index is 13.1. The molecule has 0 fully saturated rings. The van der Waals surface area contributed by atoms with E-state index in [-0.39, 0.29) is 22.8 Å². The van der Waals surface area contributed by atoms with E-state index in [0.29, 0.717) is 17.2 Å². The van der Waals surface area contributed by atoms with E-state index in [9.17, 15) is 8.42 Å². The molecule has 0 spiro atoms. The molecule has 5 rings (SSSR count). The minimum Gasteiger partial charge on any atom is -0.493 e. The molecule has 0 bridgehead atoms. The molecule has 8 heteroatoms. The second kappa shape index (κ2) is 9.00. The first-order valence-electron chi connectivity index (χ1n) is 11.0. The third kappa shape index (κ3) is 4.16. The van der Waals surface area contributed by atoms with Crippen LogP contribution in [-0.2, 0) is 10.0 Å². The number of benzene rings is 3. The quantitative estimate of drug-likeness (QED) is 0.369. The molecule has 34 heavy (non-hydrogen) atoms. The number of sulfonamides is 1. The van der Waals surface area contributed by atoms with Crippen LogP contribution in [0.4, 0.5) is 11.4 Å².